The number of hydrogen-bond acceptors (Lipinski definition) is 4. The normalized spacial score (nSPS) is 20.8. The standard InChI is InChI=1S/C24H25N5O/c1-25-12-20-11-18(21-13-26-27-14-21)7-8-22(20)29-15-19-9-10-28(16-23(19)29)24(30)17-5-3-2-4-6-17/h2-8,11-14,19,23H,9-10,15-16H2,1H3,(H,26,27)/b25-12-. The lowest BCUT2D eigenvalue weighted by Crippen LogP contribution is -2.65. The number of aromatic amines is 1. The zero-order valence-electron chi connectivity index (χ0n) is 17.0. The van der Waals surface area contributed by atoms with Gasteiger partial charge in [0.05, 0.1) is 12.2 Å². The molecule has 6 heteroatoms. The highest BCUT2D eigenvalue weighted by Gasteiger charge is 2.44. The molecule has 0 radical (unpaired) electrons. The van der Waals surface area contributed by atoms with E-state index in [2.05, 4.69) is 38.3 Å². The van der Waals surface area contributed by atoms with Crippen molar-refractivity contribution in [1.29, 1.82) is 0 Å². The largest absolute Gasteiger partial charge is 0.366 e. The van der Waals surface area contributed by atoms with Crippen LogP contribution in [0.2, 0.25) is 0 Å². The lowest BCUT2D eigenvalue weighted by atomic mass is 9.81. The molecular formula is C24H25N5O. The second-order valence-electron chi connectivity index (χ2n) is 8.03. The first-order chi connectivity index (χ1) is 14.7. The summed E-state index contributed by atoms with van der Waals surface area (Å²) in [7, 11) is 1.80. The van der Waals surface area contributed by atoms with Gasteiger partial charge in [-0.05, 0) is 36.2 Å². The van der Waals surface area contributed by atoms with Gasteiger partial charge in [0.25, 0.3) is 5.91 Å². The van der Waals surface area contributed by atoms with Crippen molar-refractivity contribution >= 4 is 17.8 Å². The number of carbonyl (C=O) groups excluding carboxylic acids is 1. The van der Waals surface area contributed by atoms with E-state index in [1.54, 1.807) is 7.05 Å². The van der Waals surface area contributed by atoms with Gasteiger partial charge in [-0.2, -0.15) is 5.10 Å². The summed E-state index contributed by atoms with van der Waals surface area (Å²) in [5.74, 6) is 0.774. The average Bonchev–Trinajstić information content (AvgIpc) is 3.31. The Morgan fingerprint density at radius 3 is 2.80 bits per heavy atom. The number of nitrogens with zero attached hydrogens (tertiary/aromatic N) is 4. The Hall–Kier alpha value is -3.41. The molecule has 2 aliphatic heterocycles. The van der Waals surface area contributed by atoms with Crippen LogP contribution < -0.4 is 4.90 Å². The summed E-state index contributed by atoms with van der Waals surface area (Å²) in [5.41, 5.74) is 5.23. The van der Waals surface area contributed by atoms with Gasteiger partial charge in [-0.25, -0.2) is 0 Å². The maximum Gasteiger partial charge on any atom is 0.253 e. The first-order valence-electron chi connectivity index (χ1n) is 10.4. The van der Waals surface area contributed by atoms with Crippen molar-refractivity contribution in [3.8, 4) is 11.1 Å². The lowest BCUT2D eigenvalue weighted by molar-refractivity contribution is 0.0592. The Labute approximate surface area is 176 Å². The fraction of sp³-hybridized carbons (Fsp3) is 0.292. The monoisotopic (exact) mass is 399 g/mol. The number of likely N-dealkylation sites (tertiary alicyclic amines) is 1. The van der Waals surface area contributed by atoms with Gasteiger partial charge in [-0.15, -0.1) is 0 Å². The van der Waals surface area contributed by atoms with Crippen LogP contribution in [0.5, 0.6) is 0 Å². The van der Waals surface area contributed by atoms with Crippen LogP contribution in [0, 0.1) is 5.92 Å². The molecule has 1 N–H and O–H groups in total. The third-order valence-corrected chi connectivity index (χ3v) is 6.30. The highest BCUT2D eigenvalue weighted by molar-refractivity contribution is 5.94. The smallest absolute Gasteiger partial charge is 0.253 e. The number of aromatic nitrogens is 2. The number of benzene rings is 2. The maximum atomic E-state index is 12.9. The zero-order chi connectivity index (χ0) is 20.5. The lowest BCUT2D eigenvalue weighted by Gasteiger charge is -2.55. The number of carbonyl (C=O) groups is 1. The summed E-state index contributed by atoms with van der Waals surface area (Å²) in [6.45, 7) is 2.64. The molecule has 2 saturated heterocycles. The molecule has 0 spiro atoms. The Balaban J connectivity index is 1.38. The van der Waals surface area contributed by atoms with E-state index in [0.717, 1.165) is 48.3 Å². The highest BCUT2D eigenvalue weighted by atomic mass is 16.2. The minimum atomic E-state index is 0.131. The first-order valence-corrected chi connectivity index (χ1v) is 10.4. The van der Waals surface area contributed by atoms with E-state index in [4.69, 9.17) is 0 Å². The van der Waals surface area contributed by atoms with Gasteiger partial charge in [0, 0.05) is 67.4 Å². The van der Waals surface area contributed by atoms with Crippen LogP contribution in [-0.2, 0) is 0 Å². The average molecular weight is 399 g/mol. The molecular weight excluding hydrogens is 374 g/mol. The summed E-state index contributed by atoms with van der Waals surface area (Å²) in [6.07, 6.45) is 6.71. The molecule has 2 fully saturated rings. The van der Waals surface area contributed by atoms with E-state index in [0.29, 0.717) is 12.0 Å². The molecule has 1 aromatic heterocycles. The van der Waals surface area contributed by atoms with Crippen molar-refractivity contribution in [1.82, 2.24) is 15.1 Å². The number of fused-ring (bicyclic) bond motifs is 1. The zero-order valence-corrected chi connectivity index (χ0v) is 17.0. The molecule has 1 amide bonds. The maximum absolute atomic E-state index is 12.9. The van der Waals surface area contributed by atoms with Crippen molar-refractivity contribution in [2.24, 2.45) is 10.9 Å². The number of piperidine rings is 1. The summed E-state index contributed by atoms with van der Waals surface area (Å²) in [6, 6.07) is 16.4. The molecule has 0 saturated carbocycles. The molecule has 6 nitrogen and oxygen atoms in total. The second-order valence-corrected chi connectivity index (χ2v) is 8.03. The molecule has 2 atom stereocenters. The number of nitrogens with one attached hydrogen (secondary N) is 1. The van der Waals surface area contributed by atoms with Crippen molar-refractivity contribution in [3.05, 3.63) is 72.1 Å². The van der Waals surface area contributed by atoms with Crippen LogP contribution in [0.3, 0.4) is 0 Å². The summed E-state index contributed by atoms with van der Waals surface area (Å²) in [5, 5.41) is 6.93. The van der Waals surface area contributed by atoms with Gasteiger partial charge >= 0.3 is 0 Å². The van der Waals surface area contributed by atoms with Crippen LogP contribution in [0.4, 0.5) is 5.69 Å². The molecule has 3 heterocycles. The molecule has 2 aromatic carbocycles. The Kier molecular flexibility index (Phi) is 4.83. The predicted molar refractivity (Wildman–Crippen MR) is 119 cm³/mol. The van der Waals surface area contributed by atoms with E-state index in [1.807, 2.05) is 53.8 Å². The topological polar surface area (TPSA) is 64.6 Å². The summed E-state index contributed by atoms with van der Waals surface area (Å²) < 4.78 is 0. The van der Waals surface area contributed by atoms with Crippen LogP contribution in [0.15, 0.2) is 65.9 Å². The minimum absolute atomic E-state index is 0.131. The number of hydrogen-bond donors (Lipinski definition) is 1. The van der Waals surface area contributed by atoms with E-state index < -0.39 is 0 Å². The third kappa shape index (κ3) is 3.28. The quantitative estimate of drug-likeness (QED) is 0.683. The summed E-state index contributed by atoms with van der Waals surface area (Å²) >= 11 is 0. The van der Waals surface area contributed by atoms with Crippen LogP contribution in [0.1, 0.15) is 22.3 Å². The van der Waals surface area contributed by atoms with E-state index >= 15 is 0 Å². The molecule has 3 aromatic rings. The fourth-order valence-electron chi connectivity index (χ4n) is 4.67. The van der Waals surface area contributed by atoms with Crippen LogP contribution in [0.25, 0.3) is 11.1 Å². The molecule has 152 valence electrons. The van der Waals surface area contributed by atoms with E-state index in [9.17, 15) is 4.79 Å². The van der Waals surface area contributed by atoms with Crippen molar-refractivity contribution < 1.29 is 4.79 Å². The van der Waals surface area contributed by atoms with Crippen molar-refractivity contribution in [3.63, 3.8) is 0 Å². The van der Waals surface area contributed by atoms with Gasteiger partial charge in [-0.1, -0.05) is 24.3 Å². The predicted octanol–water partition coefficient (Wildman–Crippen LogP) is 3.48. The SMILES string of the molecule is C/N=C\c1cc(-c2cn[nH]c2)ccc1N1CC2CCN(C(=O)c3ccccc3)CC21. The first kappa shape index (κ1) is 18.6. The van der Waals surface area contributed by atoms with E-state index in [-0.39, 0.29) is 5.91 Å². The minimum Gasteiger partial charge on any atom is -0.366 e. The van der Waals surface area contributed by atoms with Crippen LogP contribution >= 0.6 is 0 Å². The van der Waals surface area contributed by atoms with Gasteiger partial charge in [0.1, 0.15) is 0 Å². The molecule has 2 unspecified atom stereocenters. The number of H-pyrrole nitrogens is 1. The number of anilines is 1. The number of amides is 1. The van der Waals surface area contributed by atoms with E-state index in [1.165, 1.54) is 5.69 Å². The Bertz CT molecular complexity index is 1060. The highest BCUT2D eigenvalue weighted by Crippen LogP contribution is 2.39. The van der Waals surface area contributed by atoms with Gasteiger partial charge in [-0.3, -0.25) is 14.9 Å². The van der Waals surface area contributed by atoms with Gasteiger partial charge in [0.2, 0.25) is 0 Å². The van der Waals surface area contributed by atoms with Crippen LogP contribution in [-0.4, -0.2) is 59.9 Å². The molecule has 0 aliphatic carbocycles. The number of rotatable bonds is 4. The molecule has 0 bridgehead atoms. The van der Waals surface area contributed by atoms with Crippen molar-refractivity contribution in [2.45, 2.75) is 12.5 Å². The molecule has 30 heavy (non-hydrogen) atoms. The van der Waals surface area contributed by atoms with Crippen molar-refractivity contribution in [2.75, 3.05) is 31.6 Å². The Morgan fingerprint density at radius 1 is 1.17 bits per heavy atom. The molecule has 5 rings (SSSR count). The van der Waals surface area contributed by atoms with Gasteiger partial charge < -0.3 is 9.80 Å². The fourth-order valence-corrected chi connectivity index (χ4v) is 4.67. The molecule has 2 aliphatic rings. The summed E-state index contributed by atoms with van der Waals surface area (Å²) in [4.78, 5) is 21.7. The Morgan fingerprint density at radius 2 is 2.03 bits per heavy atom. The number of aliphatic imine (C=N–C) groups is 1. The van der Waals surface area contributed by atoms with Gasteiger partial charge in [0.15, 0.2) is 0 Å². The second kappa shape index (κ2) is 7.78. The third-order valence-electron chi connectivity index (χ3n) is 6.30.